The van der Waals surface area contributed by atoms with Crippen molar-refractivity contribution in [1.29, 1.82) is 0 Å². The number of halogens is 3. The van der Waals surface area contributed by atoms with E-state index in [9.17, 15) is 13.2 Å². The van der Waals surface area contributed by atoms with Crippen LogP contribution in [0.25, 0.3) is 0 Å². The van der Waals surface area contributed by atoms with Gasteiger partial charge in [-0.1, -0.05) is 44.9 Å². The van der Waals surface area contributed by atoms with Crippen molar-refractivity contribution in [2.24, 2.45) is 5.92 Å². The summed E-state index contributed by atoms with van der Waals surface area (Å²) < 4.78 is 38.0. The molecular formula is C15H22F3N. The number of hydrogen-bond donors (Lipinski definition) is 1. The molecule has 0 bridgehead atoms. The van der Waals surface area contributed by atoms with Crippen LogP contribution in [-0.4, -0.2) is 13.1 Å². The largest absolute Gasteiger partial charge is 0.416 e. The number of nitrogens with one attached hydrogen (secondary N) is 1. The summed E-state index contributed by atoms with van der Waals surface area (Å²) in [6, 6.07) is 5.85. The Labute approximate surface area is 113 Å². The van der Waals surface area contributed by atoms with Gasteiger partial charge in [-0.3, -0.25) is 0 Å². The Balaban J connectivity index is 2.86. The molecule has 0 amide bonds. The average Bonchev–Trinajstić information content (AvgIpc) is 2.38. The fourth-order valence-corrected chi connectivity index (χ4v) is 2.49. The van der Waals surface area contributed by atoms with Crippen LogP contribution < -0.4 is 5.32 Å². The Bertz CT molecular complexity index is 383. The molecule has 0 saturated heterocycles. The smallest absolute Gasteiger partial charge is 0.316 e. The minimum absolute atomic E-state index is 0.221. The van der Waals surface area contributed by atoms with E-state index in [4.69, 9.17) is 0 Å². The van der Waals surface area contributed by atoms with Crippen LogP contribution in [0.15, 0.2) is 24.3 Å². The number of rotatable bonds is 6. The third-order valence-electron chi connectivity index (χ3n) is 3.70. The Morgan fingerprint density at radius 3 is 2.26 bits per heavy atom. The van der Waals surface area contributed by atoms with Gasteiger partial charge in [0.15, 0.2) is 0 Å². The summed E-state index contributed by atoms with van der Waals surface area (Å²) in [4.78, 5) is 0. The molecule has 1 aromatic carbocycles. The first kappa shape index (κ1) is 16.0. The highest BCUT2D eigenvalue weighted by Crippen LogP contribution is 2.30. The molecule has 1 N–H and O–H groups in total. The van der Waals surface area contributed by atoms with E-state index in [2.05, 4.69) is 19.2 Å². The van der Waals surface area contributed by atoms with Gasteiger partial charge in [0.1, 0.15) is 0 Å². The predicted octanol–water partition coefficient (Wildman–Crippen LogP) is 4.27. The lowest BCUT2D eigenvalue weighted by atomic mass is 9.89. The first-order valence-electron chi connectivity index (χ1n) is 6.75. The summed E-state index contributed by atoms with van der Waals surface area (Å²) in [6.45, 7) is 4.23. The van der Waals surface area contributed by atoms with Crippen molar-refractivity contribution < 1.29 is 13.2 Å². The number of alkyl halides is 3. The second-order valence-corrected chi connectivity index (χ2v) is 4.87. The second-order valence-electron chi connectivity index (χ2n) is 4.87. The predicted molar refractivity (Wildman–Crippen MR) is 72.1 cm³/mol. The van der Waals surface area contributed by atoms with Crippen LogP contribution in [0.3, 0.4) is 0 Å². The van der Waals surface area contributed by atoms with Gasteiger partial charge in [0.05, 0.1) is 5.56 Å². The zero-order valence-electron chi connectivity index (χ0n) is 11.7. The molecule has 108 valence electrons. The highest BCUT2D eigenvalue weighted by molar-refractivity contribution is 5.26. The van der Waals surface area contributed by atoms with E-state index < -0.39 is 11.7 Å². The van der Waals surface area contributed by atoms with E-state index in [-0.39, 0.29) is 6.04 Å². The number of hydrogen-bond acceptors (Lipinski definition) is 1. The third-order valence-corrected chi connectivity index (χ3v) is 3.70. The van der Waals surface area contributed by atoms with E-state index in [1.54, 1.807) is 6.07 Å². The van der Waals surface area contributed by atoms with E-state index >= 15 is 0 Å². The highest BCUT2D eigenvalue weighted by Gasteiger charge is 2.30. The van der Waals surface area contributed by atoms with Gasteiger partial charge in [0.25, 0.3) is 0 Å². The van der Waals surface area contributed by atoms with Crippen LogP contribution in [0.2, 0.25) is 0 Å². The van der Waals surface area contributed by atoms with Crippen LogP contribution in [0.5, 0.6) is 0 Å². The molecule has 19 heavy (non-hydrogen) atoms. The quantitative estimate of drug-likeness (QED) is 0.816. The molecule has 1 unspecified atom stereocenters. The standard InChI is InChI=1S/C15H22F3N/c1-4-12(5-2)14(19-3)10-11-7-6-8-13(9-11)15(16,17)18/h6-9,12,14,19H,4-5,10H2,1-3H3. The van der Waals surface area contributed by atoms with Crippen LogP contribution in [0.4, 0.5) is 13.2 Å². The molecule has 0 aliphatic rings. The second kappa shape index (κ2) is 6.94. The van der Waals surface area contributed by atoms with Gasteiger partial charge in [0, 0.05) is 6.04 Å². The van der Waals surface area contributed by atoms with Gasteiger partial charge in [-0.05, 0) is 31.0 Å². The van der Waals surface area contributed by atoms with Crippen molar-refractivity contribution in [3.8, 4) is 0 Å². The highest BCUT2D eigenvalue weighted by atomic mass is 19.4. The van der Waals surface area contributed by atoms with Crippen LogP contribution in [0, 0.1) is 5.92 Å². The summed E-state index contributed by atoms with van der Waals surface area (Å²) >= 11 is 0. The first-order chi connectivity index (χ1) is 8.92. The maximum atomic E-state index is 12.7. The zero-order valence-corrected chi connectivity index (χ0v) is 11.7. The lowest BCUT2D eigenvalue weighted by molar-refractivity contribution is -0.137. The summed E-state index contributed by atoms with van der Waals surface area (Å²) in [5.74, 6) is 0.486. The van der Waals surface area contributed by atoms with Crippen molar-refractivity contribution in [3.05, 3.63) is 35.4 Å². The minimum atomic E-state index is -4.26. The molecule has 1 rings (SSSR count). The summed E-state index contributed by atoms with van der Waals surface area (Å²) in [7, 11) is 1.87. The maximum Gasteiger partial charge on any atom is 0.416 e. The molecule has 0 aromatic heterocycles. The van der Waals surface area contributed by atoms with Crippen molar-refractivity contribution in [2.75, 3.05) is 7.05 Å². The molecule has 0 aliphatic heterocycles. The van der Waals surface area contributed by atoms with Gasteiger partial charge in [-0.15, -0.1) is 0 Å². The lowest BCUT2D eigenvalue weighted by Gasteiger charge is -2.25. The van der Waals surface area contributed by atoms with Gasteiger partial charge in [-0.25, -0.2) is 0 Å². The maximum absolute atomic E-state index is 12.7. The number of benzene rings is 1. The van der Waals surface area contributed by atoms with E-state index in [0.29, 0.717) is 12.3 Å². The average molecular weight is 273 g/mol. The van der Waals surface area contributed by atoms with E-state index in [1.165, 1.54) is 12.1 Å². The van der Waals surface area contributed by atoms with Gasteiger partial charge >= 0.3 is 6.18 Å². The summed E-state index contributed by atoms with van der Waals surface area (Å²) in [6.07, 6.45) is -1.57. The number of likely N-dealkylation sites (N-methyl/N-ethyl adjacent to an activating group) is 1. The van der Waals surface area contributed by atoms with Crippen molar-refractivity contribution in [2.45, 2.75) is 45.3 Å². The van der Waals surface area contributed by atoms with Gasteiger partial charge in [0.2, 0.25) is 0 Å². The Morgan fingerprint density at radius 2 is 1.79 bits per heavy atom. The lowest BCUT2D eigenvalue weighted by Crippen LogP contribution is -2.35. The van der Waals surface area contributed by atoms with Crippen molar-refractivity contribution >= 4 is 0 Å². The minimum Gasteiger partial charge on any atom is -0.316 e. The molecule has 0 aliphatic carbocycles. The Morgan fingerprint density at radius 1 is 1.16 bits per heavy atom. The van der Waals surface area contributed by atoms with Crippen LogP contribution in [-0.2, 0) is 12.6 Å². The molecule has 1 nitrogen and oxygen atoms in total. The van der Waals surface area contributed by atoms with Crippen LogP contribution >= 0.6 is 0 Å². The molecule has 4 heteroatoms. The SMILES string of the molecule is CCC(CC)C(Cc1cccc(C(F)(F)F)c1)NC. The fourth-order valence-electron chi connectivity index (χ4n) is 2.49. The molecule has 0 fully saturated rings. The molecule has 1 aromatic rings. The molecular weight excluding hydrogens is 251 g/mol. The topological polar surface area (TPSA) is 12.0 Å². The van der Waals surface area contributed by atoms with E-state index in [0.717, 1.165) is 24.5 Å². The molecule has 0 radical (unpaired) electrons. The van der Waals surface area contributed by atoms with Gasteiger partial charge in [-0.2, -0.15) is 13.2 Å². The van der Waals surface area contributed by atoms with Crippen molar-refractivity contribution in [1.82, 2.24) is 5.32 Å². The molecule has 0 heterocycles. The fraction of sp³-hybridized carbons (Fsp3) is 0.600. The van der Waals surface area contributed by atoms with E-state index in [1.807, 2.05) is 7.05 Å². The molecule has 0 spiro atoms. The first-order valence-corrected chi connectivity index (χ1v) is 6.75. The third kappa shape index (κ3) is 4.53. The Hall–Kier alpha value is -1.03. The summed E-state index contributed by atoms with van der Waals surface area (Å²) in [5.41, 5.74) is 0.172. The summed E-state index contributed by atoms with van der Waals surface area (Å²) in [5, 5.41) is 3.23. The van der Waals surface area contributed by atoms with Crippen molar-refractivity contribution in [3.63, 3.8) is 0 Å². The van der Waals surface area contributed by atoms with Gasteiger partial charge < -0.3 is 5.32 Å². The zero-order chi connectivity index (χ0) is 14.5. The molecule has 0 saturated carbocycles. The van der Waals surface area contributed by atoms with Crippen LogP contribution in [0.1, 0.15) is 37.8 Å². The normalized spacial score (nSPS) is 13.8. The monoisotopic (exact) mass is 273 g/mol. The molecule has 1 atom stereocenters. The Kier molecular flexibility index (Phi) is 5.85.